The number of hydrogen-bond donors (Lipinski definition) is 2. The maximum atomic E-state index is 13.2. The predicted molar refractivity (Wildman–Crippen MR) is 124 cm³/mol. The first kappa shape index (κ1) is 21.6. The van der Waals surface area contributed by atoms with Crippen LogP contribution < -0.4 is 15.0 Å². The van der Waals surface area contributed by atoms with E-state index in [1.54, 1.807) is 29.2 Å². The van der Waals surface area contributed by atoms with Crippen molar-refractivity contribution in [3.8, 4) is 5.75 Å². The number of nitrogens with zero attached hydrogens (tertiary/aromatic N) is 3. The number of benzene rings is 1. The summed E-state index contributed by atoms with van der Waals surface area (Å²) in [4.78, 5) is 46.9. The number of aromatic nitrogens is 1. The number of imide groups is 1. The summed E-state index contributed by atoms with van der Waals surface area (Å²) < 4.78 is 11.3. The Morgan fingerprint density at radius 1 is 1.23 bits per heavy atom. The summed E-state index contributed by atoms with van der Waals surface area (Å²) in [6.45, 7) is 1.52. The van der Waals surface area contributed by atoms with Crippen LogP contribution in [0.4, 0.5) is 5.82 Å². The van der Waals surface area contributed by atoms with Gasteiger partial charge in [-0.15, -0.1) is 0 Å². The van der Waals surface area contributed by atoms with E-state index in [1.165, 1.54) is 7.11 Å². The predicted octanol–water partition coefficient (Wildman–Crippen LogP) is 1.35. The van der Waals surface area contributed by atoms with E-state index in [4.69, 9.17) is 9.15 Å². The Morgan fingerprint density at radius 3 is 2.80 bits per heavy atom. The molecule has 2 aromatic heterocycles. The van der Waals surface area contributed by atoms with Gasteiger partial charge in [-0.25, -0.2) is 4.98 Å². The van der Waals surface area contributed by atoms with E-state index in [9.17, 15) is 19.5 Å². The fraction of sp³-hybridized carbons (Fsp3) is 0.360. The quantitative estimate of drug-likeness (QED) is 0.529. The van der Waals surface area contributed by atoms with Crippen LogP contribution in [0.2, 0.25) is 0 Å². The molecular weight excluding hydrogens is 452 g/mol. The van der Waals surface area contributed by atoms with E-state index < -0.39 is 17.2 Å². The number of aliphatic hydroxyl groups excluding tert-OH is 1. The van der Waals surface area contributed by atoms with Crippen molar-refractivity contribution in [1.29, 1.82) is 0 Å². The number of amides is 3. The monoisotopic (exact) mass is 476 g/mol. The zero-order chi connectivity index (χ0) is 24.3. The lowest BCUT2D eigenvalue weighted by Crippen LogP contribution is -2.46. The van der Waals surface area contributed by atoms with Crippen LogP contribution in [-0.2, 0) is 21.5 Å². The lowest BCUT2D eigenvalue weighted by atomic mass is 9.82. The van der Waals surface area contributed by atoms with E-state index in [1.807, 2.05) is 17.0 Å². The third kappa shape index (κ3) is 3.44. The van der Waals surface area contributed by atoms with Crippen LogP contribution in [0.1, 0.15) is 34.5 Å². The first-order valence-electron chi connectivity index (χ1n) is 11.5. The molecule has 5 heterocycles. The van der Waals surface area contributed by atoms with Gasteiger partial charge in [0, 0.05) is 37.8 Å². The average Bonchev–Trinajstić information content (AvgIpc) is 3.60. The lowest BCUT2D eigenvalue weighted by molar-refractivity contribution is -0.127. The van der Waals surface area contributed by atoms with Crippen molar-refractivity contribution in [3.05, 3.63) is 53.3 Å². The van der Waals surface area contributed by atoms with Crippen LogP contribution in [-0.4, -0.2) is 65.6 Å². The molecule has 35 heavy (non-hydrogen) atoms. The van der Waals surface area contributed by atoms with Crippen LogP contribution in [0.3, 0.4) is 0 Å². The molecule has 0 saturated carbocycles. The summed E-state index contributed by atoms with van der Waals surface area (Å²) >= 11 is 0. The highest BCUT2D eigenvalue weighted by Gasteiger charge is 2.53. The van der Waals surface area contributed by atoms with Crippen LogP contribution >= 0.6 is 0 Å². The maximum Gasteiger partial charge on any atom is 0.254 e. The SMILES string of the molecule is COc1ccc2c(c1)C(=O)N(C[C@@]1(c3cc4nc(N5CC[C@@H](O)C5)ccc4o3)CC(=O)NC1=O)C2. The van der Waals surface area contributed by atoms with Crippen molar-refractivity contribution >= 4 is 34.6 Å². The fourth-order valence-corrected chi connectivity index (χ4v) is 5.25. The zero-order valence-corrected chi connectivity index (χ0v) is 19.1. The van der Waals surface area contributed by atoms with Crippen molar-refractivity contribution in [2.24, 2.45) is 0 Å². The molecule has 3 aliphatic heterocycles. The van der Waals surface area contributed by atoms with Gasteiger partial charge in [0.2, 0.25) is 11.8 Å². The third-order valence-electron chi connectivity index (χ3n) is 7.12. The van der Waals surface area contributed by atoms with Crippen LogP contribution in [0.25, 0.3) is 11.1 Å². The van der Waals surface area contributed by atoms with Gasteiger partial charge in [0.15, 0.2) is 5.58 Å². The molecule has 2 fully saturated rings. The van der Waals surface area contributed by atoms with Crippen molar-refractivity contribution < 1.29 is 28.6 Å². The molecule has 3 aliphatic rings. The maximum absolute atomic E-state index is 13.2. The molecule has 3 aromatic rings. The van der Waals surface area contributed by atoms with Gasteiger partial charge in [-0.1, -0.05) is 6.07 Å². The number of furan rings is 1. The normalized spacial score (nSPS) is 23.9. The highest BCUT2D eigenvalue weighted by Crippen LogP contribution is 2.39. The Bertz CT molecular complexity index is 1380. The summed E-state index contributed by atoms with van der Waals surface area (Å²) in [6, 6.07) is 10.6. The standard InChI is InChI=1S/C25H24N4O6/c1-34-16-3-2-14-11-29(23(32)17(14)8-16)13-25(10-22(31)27-24(25)33)20-9-18-19(35-20)4-5-21(26-18)28-7-6-15(30)12-28/h2-5,8-9,15,30H,6-7,10-13H2,1H3,(H,27,31,33)/t15-,25-/m1/s1. The second-order valence-corrected chi connectivity index (χ2v) is 9.37. The van der Waals surface area contributed by atoms with Gasteiger partial charge in [0.25, 0.3) is 5.91 Å². The van der Waals surface area contributed by atoms with Gasteiger partial charge in [0.05, 0.1) is 19.6 Å². The zero-order valence-electron chi connectivity index (χ0n) is 19.1. The molecule has 0 spiro atoms. The number of rotatable bonds is 5. The number of pyridine rings is 1. The molecule has 0 bridgehead atoms. The number of nitrogens with one attached hydrogen (secondary N) is 1. The molecule has 10 nitrogen and oxygen atoms in total. The first-order chi connectivity index (χ1) is 16.9. The minimum absolute atomic E-state index is 0.00853. The second kappa shape index (κ2) is 7.81. The molecule has 2 atom stereocenters. The number of carbonyl (C=O) groups excluding carboxylic acids is 3. The summed E-state index contributed by atoms with van der Waals surface area (Å²) in [5.74, 6) is 0.443. The molecule has 2 N–H and O–H groups in total. The van der Waals surface area contributed by atoms with E-state index in [0.29, 0.717) is 60.0 Å². The second-order valence-electron chi connectivity index (χ2n) is 9.37. The number of methoxy groups -OCH3 is 1. The van der Waals surface area contributed by atoms with Gasteiger partial charge in [0.1, 0.15) is 28.3 Å². The number of ether oxygens (including phenoxy) is 1. The molecule has 0 unspecified atom stereocenters. The molecule has 2 saturated heterocycles. The van der Waals surface area contributed by atoms with E-state index in [-0.39, 0.29) is 25.0 Å². The summed E-state index contributed by atoms with van der Waals surface area (Å²) in [5, 5.41) is 12.2. The molecule has 180 valence electrons. The molecule has 6 rings (SSSR count). The fourth-order valence-electron chi connectivity index (χ4n) is 5.25. The molecule has 1 aromatic carbocycles. The Morgan fingerprint density at radius 2 is 2.09 bits per heavy atom. The van der Waals surface area contributed by atoms with E-state index in [0.717, 1.165) is 5.56 Å². The summed E-state index contributed by atoms with van der Waals surface area (Å²) in [5.41, 5.74) is 1.03. The summed E-state index contributed by atoms with van der Waals surface area (Å²) in [6.07, 6.45) is 0.172. The van der Waals surface area contributed by atoms with Crippen molar-refractivity contribution in [3.63, 3.8) is 0 Å². The highest BCUT2D eigenvalue weighted by atomic mass is 16.5. The minimum atomic E-state index is -1.36. The van der Waals surface area contributed by atoms with E-state index >= 15 is 0 Å². The van der Waals surface area contributed by atoms with Gasteiger partial charge < -0.3 is 24.1 Å². The molecule has 3 amide bonds. The number of β-amino-alcohol motifs (C(OH)–C–C–N with tert-alkyl or cyclic N) is 1. The van der Waals surface area contributed by atoms with Gasteiger partial charge >= 0.3 is 0 Å². The van der Waals surface area contributed by atoms with Gasteiger partial charge in [-0.3, -0.25) is 19.7 Å². The molecule has 10 heteroatoms. The topological polar surface area (TPSA) is 125 Å². The number of hydrogen-bond acceptors (Lipinski definition) is 8. The lowest BCUT2D eigenvalue weighted by Gasteiger charge is -2.28. The van der Waals surface area contributed by atoms with Crippen LogP contribution in [0.15, 0.2) is 40.8 Å². The first-order valence-corrected chi connectivity index (χ1v) is 11.5. The molecular formula is C25H24N4O6. The highest BCUT2D eigenvalue weighted by molar-refractivity contribution is 6.10. The van der Waals surface area contributed by atoms with Gasteiger partial charge in [-0.2, -0.15) is 0 Å². The number of fused-ring (bicyclic) bond motifs is 2. The number of anilines is 1. The Kier molecular flexibility index (Phi) is 4.82. The van der Waals surface area contributed by atoms with E-state index in [2.05, 4.69) is 10.3 Å². The smallest absolute Gasteiger partial charge is 0.254 e. The Hall–Kier alpha value is -3.92. The van der Waals surface area contributed by atoms with Crippen LogP contribution in [0, 0.1) is 0 Å². The van der Waals surface area contributed by atoms with Crippen molar-refractivity contribution in [2.75, 3.05) is 31.6 Å². The average molecular weight is 476 g/mol. The minimum Gasteiger partial charge on any atom is -0.497 e. The Labute approximate surface area is 200 Å². The third-order valence-corrected chi connectivity index (χ3v) is 7.12. The largest absolute Gasteiger partial charge is 0.497 e. The Balaban J connectivity index is 1.35. The molecule has 0 aliphatic carbocycles. The van der Waals surface area contributed by atoms with Crippen LogP contribution in [0.5, 0.6) is 5.75 Å². The number of carbonyl (C=O) groups is 3. The number of aliphatic hydroxyl groups is 1. The van der Waals surface area contributed by atoms with Crippen molar-refractivity contribution in [1.82, 2.24) is 15.2 Å². The van der Waals surface area contributed by atoms with Crippen molar-refractivity contribution in [2.45, 2.75) is 30.9 Å². The van der Waals surface area contributed by atoms with Gasteiger partial charge in [-0.05, 0) is 36.2 Å². The summed E-state index contributed by atoms with van der Waals surface area (Å²) in [7, 11) is 1.54. The molecule has 0 radical (unpaired) electrons.